The third-order valence-corrected chi connectivity index (χ3v) is 5.22. The topological polar surface area (TPSA) is 75.7 Å². The second-order valence-corrected chi connectivity index (χ2v) is 7.85. The number of carbonyl (C=O) groups is 1. The Morgan fingerprint density at radius 1 is 1.30 bits per heavy atom. The van der Waals surface area contributed by atoms with Crippen LogP contribution in [-0.4, -0.2) is 56.7 Å². The summed E-state index contributed by atoms with van der Waals surface area (Å²) in [5, 5.41) is 2.95. The van der Waals surface area contributed by atoms with Gasteiger partial charge in [-0.1, -0.05) is 0 Å². The molecule has 0 aromatic heterocycles. The van der Waals surface area contributed by atoms with E-state index in [2.05, 4.69) is 5.32 Å². The average molecular weight is 304 g/mol. The van der Waals surface area contributed by atoms with Gasteiger partial charge in [0, 0.05) is 19.1 Å². The van der Waals surface area contributed by atoms with Crippen molar-refractivity contribution < 1.29 is 17.9 Å². The molecule has 20 heavy (non-hydrogen) atoms. The number of carbonyl (C=O) groups excluding carboxylic acids is 1. The van der Waals surface area contributed by atoms with Crippen LogP contribution in [0.3, 0.4) is 0 Å². The summed E-state index contributed by atoms with van der Waals surface area (Å²) < 4.78 is 29.8. The highest BCUT2D eigenvalue weighted by atomic mass is 32.2. The van der Waals surface area contributed by atoms with Gasteiger partial charge in [0.2, 0.25) is 15.9 Å². The standard InChI is InChI=1S/C13H24N2O4S/c1-10(19-9-11-3-4-11)13(16)14-12-5-7-15(8-6-12)20(2,17)18/h10-12H,3-9H2,1-2H3,(H,14,16). The molecule has 1 aliphatic carbocycles. The van der Waals surface area contributed by atoms with Crippen LogP contribution in [0.25, 0.3) is 0 Å². The number of ether oxygens (including phenoxy) is 1. The molecule has 0 radical (unpaired) electrons. The van der Waals surface area contributed by atoms with Crippen molar-refractivity contribution >= 4 is 15.9 Å². The number of rotatable bonds is 6. The van der Waals surface area contributed by atoms with Crippen molar-refractivity contribution in [3.8, 4) is 0 Å². The van der Waals surface area contributed by atoms with Crippen molar-refractivity contribution in [2.75, 3.05) is 26.0 Å². The molecule has 0 bridgehead atoms. The molecule has 1 atom stereocenters. The van der Waals surface area contributed by atoms with E-state index in [9.17, 15) is 13.2 Å². The van der Waals surface area contributed by atoms with Crippen LogP contribution >= 0.6 is 0 Å². The van der Waals surface area contributed by atoms with Crippen molar-refractivity contribution in [3.63, 3.8) is 0 Å². The zero-order valence-corrected chi connectivity index (χ0v) is 13.0. The Morgan fingerprint density at radius 2 is 1.90 bits per heavy atom. The summed E-state index contributed by atoms with van der Waals surface area (Å²) >= 11 is 0. The molecule has 1 amide bonds. The first-order valence-electron chi connectivity index (χ1n) is 7.23. The molecular formula is C13H24N2O4S. The van der Waals surface area contributed by atoms with Gasteiger partial charge in [0.25, 0.3) is 0 Å². The van der Waals surface area contributed by atoms with E-state index in [-0.39, 0.29) is 11.9 Å². The highest BCUT2D eigenvalue weighted by molar-refractivity contribution is 7.88. The fraction of sp³-hybridized carbons (Fsp3) is 0.923. The SMILES string of the molecule is CC(OCC1CC1)C(=O)NC1CCN(S(C)(=O)=O)CC1. The van der Waals surface area contributed by atoms with Crippen LogP contribution in [0.2, 0.25) is 0 Å². The van der Waals surface area contributed by atoms with Gasteiger partial charge in [0.15, 0.2) is 0 Å². The average Bonchev–Trinajstić information content (AvgIpc) is 3.19. The molecule has 2 aliphatic rings. The Hall–Kier alpha value is -0.660. The third-order valence-electron chi connectivity index (χ3n) is 3.92. The highest BCUT2D eigenvalue weighted by Gasteiger charge is 2.28. The van der Waals surface area contributed by atoms with Gasteiger partial charge in [0.05, 0.1) is 12.9 Å². The van der Waals surface area contributed by atoms with Gasteiger partial charge in [-0.15, -0.1) is 0 Å². The van der Waals surface area contributed by atoms with Gasteiger partial charge in [-0.25, -0.2) is 12.7 Å². The monoisotopic (exact) mass is 304 g/mol. The van der Waals surface area contributed by atoms with Crippen molar-refractivity contribution in [2.24, 2.45) is 5.92 Å². The zero-order valence-electron chi connectivity index (χ0n) is 12.2. The summed E-state index contributed by atoms with van der Waals surface area (Å²) in [5.74, 6) is 0.548. The third kappa shape index (κ3) is 4.71. The first kappa shape index (κ1) is 15.7. The van der Waals surface area contributed by atoms with Crippen molar-refractivity contribution in [3.05, 3.63) is 0 Å². The van der Waals surface area contributed by atoms with E-state index in [4.69, 9.17) is 4.74 Å². The summed E-state index contributed by atoms with van der Waals surface area (Å²) in [6.07, 6.45) is 4.53. The second kappa shape index (κ2) is 6.41. The van der Waals surface area contributed by atoms with Crippen LogP contribution < -0.4 is 5.32 Å². The minimum Gasteiger partial charge on any atom is -0.368 e. The van der Waals surface area contributed by atoms with E-state index < -0.39 is 16.1 Å². The van der Waals surface area contributed by atoms with E-state index >= 15 is 0 Å². The minimum absolute atomic E-state index is 0.0486. The summed E-state index contributed by atoms with van der Waals surface area (Å²) in [7, 11) is -3.11. The van der Waals surface area contributed by atoms with Gasteiger partial charge in [-0.05, 0) is 38.5 Å². The molecule has 1 saturated heterocycles. The van der Waals surface area contributed by atoms with Crippen LogP contribution in [-0.2, 0) is 19.6 Å². The normalized spacial score (nSPS) is 23.5. The lowest BCUT2D eigenvalue weighted by Gasteiger charge is -2.31. The number of piperidine rings is 1. The van der Waals surface area contributed by atoms with E-state index in [0.717, 1.165) is 0 Å². The lowest BCUT2D eigenvalue weighted by atomic mass is 10.1. The van der Waals surface area contributed by atoms with Gasteiger partial charge in [-0.2, -0.15) is 0 Å². The molecule has 2 fully saturated rings. The van der Waals surface area contributed by atoms with Crippen molar-refractivity contribution in [2.45, 2.75) is 44.8 Å². The number of nitrogens with one attached hydrogen (secondary N) is 1. The Labute approximate surface area is 120 Å². The largest absolute Gasteiger partial charge is 0.368 e. The fourth-order valence-corrected chi connectivity index (χ4v) is 3.17. The van der Waals surface area contributed by atoms with Crippen molar-refractivity contribution in [1.82, 2.24) is 9.62 Å². The van der Waals surface area contributed by atoms with E-state index in [1.54, 1.807) is 6.92 Å². The minimum atomic E-state index is -3.11. The van der Waals surface area contributed by atoms with Crippen LogP contribution in [0.1, 0.15) is 32.6 Å². The van der Waals surface area contributed by atoms with Gasteiger partial charge in [0.1, 0.15) is 6.10 Å². The predicted molar refractivity (Wildman–Crippen MR) is 75.7 cm³/mol. The Bertz CT molecular complexity index is 439. The lowest BCUT2D eigenvalue weighted by molar-refractivity contribution is -0.133. The summed E-state index contributed by atoms with van der Waals surface area (Å²) in [5.41, 5.74) is 0. The molecule has 1 aliphatic heterocycles. The van der Waals surface area contributed by atoms with Gasteiger partial charge >= 0.3 is 0 Å². The van der Waals surface area contributed by atoms with E-state index in [1.807, 2.05) is 0 Å². The number of amides is 1. The summed E-state index contributed by atoms with van der Waals surface area (Å²) in [6, 6.07) is 0.0486. The maximum atomic E-state index is 12.0. The molecule has 2 rings (SSSR count). The van der Waals surface area contributed by atoms with E-state index in [0.29, 0.717) is 38.5 Å². The van der Waals surface area contributed by atoms with Crippen LogP contribution in [0.4, 0.5) is 0 Å². The highest BCUT2D eigenvalue weighted by Crippen LogP contribution is 2.29. The fourth-order valence-electron chi connectivity index (χ4n) is 2.29. The molecule has 0 aromatic rings. The molecule has 1 unspecified atom stereocenters. The number of sulfonamides is 1. The molecule has 0 spiro atoms. The van der Waals surface area contributed by atoms with E-state index in [1.165, 1.54) is 23.4 Å². The number of nitrogens with zero attached hydrogens (tertiary/aromatic N) is 1. The molecule has 1 N–H and O–H groups in total. The molecule has 1 saturated carbocycles. The number of hydrogen-bond donors (Lipinski definition) is 1. The predicted octanol–water partition coefficient (Wildman–Crippen LogP) is 0.342. The Balaban J connectivity index is 1.69. The first-order chi connectivity index (χ1) is 9.36. The first-order valence-corrected chi connectivity index (χ1v) is 9.08. The molecule has 6 nitrogen and oxygen atoms in total. The smallest absolute Gasteiger partial charge is 0.249 e. The molecular weight excluding hydrogens is 280 g/mol. The van der Waals surface area contributed by atoms with Crippen LogP contribution in [0.15, 0.2) is 0 Å². The van der Waals surface area contributed by atoms with Gasteiger partial charge in [-0.3, -0.25) is 4.79 Å². The summed E-state index contributed by atoms with van der Waals surface area (Å²) in [4.78, 5) is 12.0. The maximum Gasteiger partial charge on any atom is 0.249 e. The molecule has 0 aromatic carbocycles. The molecule has 116 valence electrons. The van der Waals surface area contributed by atoms with Crippen LogP contribution in [0, 0.1) is 5.92 Å². The zero-order chi connectivity index (χ0) is 14.8. The molecule has 1 heterocycles. The number of hydrogen-bond acceptors (Lipinski definition) is 4. The lowest BCUT2D eigenvalue weighted by Crippen LogP contribution is -2.48. The van der Waals surface area contributed by atoms with Crippen molar-refractivity contribution in [1.29, 1.82) is 0 Å². The quantitative estimate of drug-likeness (QED) is 0.768. The second-order valence-electron chi connectivity index (χ2n) is 5.86. The summed E-state index contributed by atoms with van der Waals surface area (Å²) in [6.45, 7) is 3.38. The van der Waals surface area contributed by atoms with Crippen LogP contribution in [0.5, 0.6) is 0 Å². The Morgan fingerprint density at radius 3 is 2.40 bits per heavy atom. The van der Waals surface area contributed by atoms with Gasteiger partial charge < -0.3 is 10.1 Å². The molecule has 7 heteroatoms. The maximum absolute atomic E-state index is 12.0. The Kier molecular flexibility index (Phi) is 5.04.